The van der Waals surface area contributed by atoms with Gasteiger partial charge in [-0.15, -0.1) is 0 Å². The van der Waals surface area contributed by atoms with Gasteiger partial charge in [-0.05, 0) is 49.9 Å². The van der Waals surface area contributed by atoms with Crippen LogP contribution in [0.2, 0.25) is 5.02 Å². The minimum Gasteiger partial charge on any atom is -0.337 e. The van der Waals surface area contributed by atoms with Gasteiger partial charge in [-0.25, -0.2) is 9.97 Å². The van der Waals surface area contributed by atoms with Crippen LogP contribution in [0.5, 0.6) is 0 Å². The number of amides is 1. The first-order valence-electron chi connectivity index (χ1n) is 10.3. The number of nitrogens with zero attached hydrogens (tertiary/aromatic N) is 4. The summed E-state index contributed by atoms with van der Waals surface area (Å²) in [6, 6.07) is 10.1. The molecule has 0 spiro atoms. The molecule has 7 heteroatoms. The van der Waals surface area contributed by atoms with Crippen LogP contribution in [-0.2, 0) is 17.8 Å². The van der Waals surface area contributed by atoms with E-state index >= 15 is 0 Å². The maximum atomic E-state index is 13.4. The average molecular weight is 453 g/mol. The molecule has 0 aliphatic heterocycles. The van der Waals surface area contributed by atoms with Gasteiger partial charge in [0.1, 0.15) is 0 Å². The normalized spacial score (nSPS) is 11.2. The Morgan fingerprint density at radius 3 is 2.71 bits per heavy atom. The molecule has 0 saturated heterocycles. The molecule has 160 valence electrons. The van der Waals surface area contributed by atoms with Crippen molar-refractivity contribution in [3.63, 3.8) is 0 Å². The van der Waals surface area contributed by atoms with Crippen LogP contribution in [0, 0.1) is 20.8 Å². The van der Waals surface area contributed by atoms with Gasteiger partial charge in [-0.3, -0.25) is 9.69 Å². The summed E-state index contributed by atoms with van der Waals surface area (Å²) in [5, 5.41) is 1.37. The molecule has 31 heavy (non-hydrogen) atoms. The molecule has 0 radical (unpaired) electrons. The summed E-state index contributed by atoms with van der Waals surface area (Å²) in [5.74, 6) is 0.0467. The number of aryl methyl sites for hydroxylation is 4. The summed E-state index contributed by atoms with van der Waals surface area (Å²) in [5.41, 5.74) is 5.30. The van der Waals surface area contributed by atoms with E-state index in [-0.39, 0.29) is 5.91 Å². The van der Waals surface area contributed by atoms with Crippen molar-refractivity contribution in [3.8, 4) is 0 Å². The molecule has 0 N–H and O–H groups in total. The largest absolute Gasteiger partial charge is 0.337 e. The number of hydrogen-bond acceptors (Lipinski definition) is 4. The number of benzene rings is 2. The van der Waals surface area contributed by atoms with Gasteiger partial charge in [0, 0.05) is 25.5 Å². The molecule has 2 heterocycles. The molecule has 0 atom stereocenters. The summed E-state index contributed by atoms with van der Waals surface area (Å²) < 4.78 is 2.95. The average Bonchev–Trinajstić information content (AvgIpc) is 3.41. The van der Waals surface area contributed by atoms with Gasteiger partial charge in [-0.2, -0.15) is 0 Å². The van der Waals surface area contributed by atoms with Gasteiger partial charge >= 0.3 is 0 Å². The Kier molecular flexibility index (Phi) is 6.39. The Hall–Kier alpha value is -2.70. The summed E-state index contributed by atoms with van der Waals surface area (Å²) >= 11 is 7.90. The molecular weight excluding hydrogens is 428 g/mol. The fourth-order valence-electron chi connectivity index (χ4n) is 3.67. The zero-order valence-electron chi connectivity index (χ0n) is 17.9. The number of hydrogen-bond donors (Lipinski definition) is 0. The molecule has 2 aromatic heterocycles. The molecule has 0 aliphatic rings. The number of anilines is 1. The predicted molar refractivity (Wildman–Crippen MR) is 128 cm³/mol. The Labute approximate surface area is 191 Å². The highest BCUT2D eigenvalue weighted by molar-refractivity contribution is 7.23. The lowest BCUT2D eigenvalue weighted by molar-refractivity contribution is -0.118. The number of thiazole rings is 1. The molecule has 4 aromatic rings. The first-order valence-corrected chi connectivity index (χ1v) is 11.5. The molecule has 4 rings (SSSR count). The van der Waals surface area contributed by atoms with Crippen LogP contribution < -0.4 is 4.90 Å². The molecule has 0 aliphatic carbocycles. The molecule has 0 fully saturated rings. The lowest BCUT2D eigenvalue weighted by Gasteiger charge is -2.20. The van der Waals surface area contributed by atoms with E-state index in [1.54, 1.807) is 12.5 Å². The van der Waals surface area contributed by atoms with Gasteiger partial charge in [0.15, 0.2) is 5.13 Å². The van der Waals surface area contributed by atoms with Crippen LogP contribution in [0.25, 0.3) is 10.2 Å². The van der Waals surface area contributed by atoms with E-state index in [2.05, 4.69) is 31.0 Å². The summed E-state index contributed by atoms with van der Waals surface area (Å²) in [6.07, 6.45) is 6.64. The van der Waals surface area contributed by atoms with Crippen LogP contribution in [0.3, 0.4) is 0 Å². The first kappa shape index (κ1) is 21.5. The van der Waals surface area contributed by atoms with Crippen molar-refractivity contribution >= 4 is 44.2 Å². The van der Waals surface area contributed by atoms with Crippen molar-refractivity contribution in [2.24, 2.45) is 0 Å². The molecule has 1 amide bonds. The van der Waals surface area contributed by atoms with E-state index in [0.29, 0.717) is 23.1 Å². The van der Waals surface area contributed by atoms with Crippen molar-refractivity contribution in [2.75, 3.05) is 11.4 Å². The van der Waals surface area contributed by atoms with E-state index in [1.807, 2.05) is 40.8 Å². The predicted octanol–water partition coefficient (Wildman–Crippen LogP) is 5.74. The van der Waals surface area contributed by atoms with Gasteiger partial charge in [0.25, 0.3) is 0 Å². The standard InChI is InChI=1S/C24H25ClN4OS/c1-16-5-7-19(18(3)13-16)14-21(30)29(11-4-10-28-12-9-26-15-28)24-27-22-17(2)6-8-20(25)23(22)31-24/h5-9,12-13,15H,4,10-11,14H2,1-3H3. The second-order valence-corrected chi connectivity index (χ2v) is 9.23. The summed E-state index contributed by atoms with van der Waals surface area (Å²) in [4.78, 5) is 24.1. The lowest BCUT2D eigenvalue weighted by atomic mass is 10.0. The van der Waals surface area contributed by atoms with Crippen molar-refractivity contribution in [3.05, 3.63) is 76.3 Å². The zero-order chi connectivity index (χ0) is 22.0. The monoisotopic (exact) mass is 452 g/mol. The number of carbonyl (C=O) groups is 1. The third-order valence-corrected chi connectivity index (χ3v) is 6.95. The van der Waals surface area contributed by atoms with Crippen molar-refractivity contribution in [1.29, 1.82) is 0 Å². The number of rotatable bonds is 7. The minimum absolute atomic E-state index is 0.0467. The van der Waals surface area contributed by atoms with Gasteiger partial charge in [-0.1, -0.05) is 52.8 Å². The maximum absolute atomic E-state index is 13.4. The number of fused-ring (bicyclic) bond motifs is 1. The molecular formula is C24H25ClN4OS. The number of aromatic nitrogens is 3. The van der Waals surface area contributed by atoms with E-state index in [9.17, 15) is 4.79 Å². The van der Waals surface area contributed by atoms with Gasteiger partial charge in [0.05, 0.1) is 28.0 Å². The number of carbonyl (C=O) groups excluding carboxylic acids is 1. The SMILES string of the molecule is Cc1ccc(CC(=O)N(CCCn2ccnc2)c2nc3c(C)ccc(Cl)c3s2)c(C)c1. The third kappa shape index (κ3) is 4.81. The first-order chi connectivity index (χ1) is 14.9. The molecule has 5 nitrogen and oxygen atoms in total. The second-order valence-electron chi connectivity index (χ2n) is 7.84. The van der Waals surface area contributed by atoms with Crippen molar-refractivity contribution in [1.82, 2.24) is 14.5 Å². The molecule has 0 saturated carbocycles. The van der Waals surface area contributed by atoms with E-state index in [4.69, 9.17) is 16.6 Å². The number of imidazole rings is 1. The van der Waals surface area contributed by atoms with E-state index in [0.717, 1.165) is 39.9 Å². The smallest absolute Gasteiger partial charge is 0.233 e. The highest BCUT2D eigenvalue weighted by atomic mass is 35.5. The molecule has 2 aromatic carbocycles. The Morgan fingerprint density at radius 2 is 2.00 bits per heavy atom. The van der Waals surface area contributed by atoms with E-state index < -0.39 is 0 Å². The Morgan fingerprint density at radius 1 is 1.16 bits per heavy atom. The van der Waals surface area contributed by atoms with Crippen LogP contribution in [0.1, 0.15) is 28.7 Å². The minimum atomic E-state index is 0.0467. The van der Waals surface area contributed by atoms with Gasteiger partial charge in [0.2, 0.25) is 5.91 Å². The Bertz CT molecular complexity index is 1180. The fraction of sp³-hybridized carbons (Fsp3) is 0.292. The van der Waals surface area contributed by atoms with Crippen molar-refractivity contribution in [2.45, 2.75) is 40.2 Å². The lowest BCUT2D eigenvalue weighted by Crippen LogP contribution is -2.33. The van der Waals surface area contributed by atoms with Crippen LogP contribution in [0.4, 0.5) is 5.13 Å². The Balaban J connectivity index is 1.62. The van der Waals surface area contributed by atoms with Gasteiger partial charge < -0.3 is 4.57 Å². The molecule has 0 unspecified atom stereocenters. The van der Waals surface area contributed by atoms with Crippen molar-refractivity contribution < 1.29 is 4.79 Å². The third-order valence-electron chi connectivity index (χ3n) is 5.41. The quantitative estimate of drug-likeness (QED) is 0.359. The highest BCUT2D eigenvalue weighted by Gasteiger charge is 2.22. The summed E-state index contributed by atoms with van der Waals surface area (Å²) in [7, 11) is 0. The second kappa shape index (κ2) is 9.20. The zero-order valence-corrected chi connectivity index (χ0v) is 19.5. The maximum Gasteiger partial charge on any atom is 0.233 e. The highest BCUT2D eigenvalue weighted by Crippen LogP contribution is 2.36. The number of halogens is 1. The summed E-state index contributed by atoms with van der Waals surface area (Å²) in [6.45, 7) is 7.51. The van der Waals surface area contributed by atoms with Crippen LogP contribution >= 0.6 is 22.9 Å². The van der Waals surface area contributed by atoms with Crippen LogP contribution in [-0.4, -0.2) is 27.0 Å². The fourth-order valence-corrected chi connectivity index (χ4v) is 5.03. The molecule has 0 bridgehead atoms. The van der Waals surface area contributed by atoms with Crippen LogP contribution in [0.15, 0.2) is 49.1 Å². The van der Waals surface area contributed by atoms with E-state index in [1.165, 1.54) is 16.9 Å². The topological polar surface area (TPSA) is 51.0 Å².